The number of methoxy groups -OCH3 is 2. The SMILES string of the molecule is CCO[C@@H]1CC[C@@H](ON=C(C(=O)Nc2ncc(COC)s2)c2ccc(S(=O)(=O)N(C)CCOC)cc2)C1. The minimum atomic E-state index is -3.71. The van der Waals surface area contributed by atoms with Crippen LogP contribution in [0.1, 0.15) is 36.6 Å². The Kier molecular flexibility index (Phi) is 11.0. The van der Waals surface area contributed by atoms with E-state index in [-0.39, 0.29) is 36.0 Å². The van der Waals surface area contributed by atoms with Crippen molar-refractivity contribution in [3.63, 3.8) is 0 Å². The number of hydrogen-bond acceptors (Lipinski definition) is 10. The molecule has 1 fully saturated rings. The standard InChI is InChI=1S/C24H34N4O7S2/c1-5-34-18-8-9-19(14-18)35-27-22(23(29)26-24-25-15-20(36-24)16-33-4)17-6-10-21(11-7-17)37(30,31)28(2)12-13-32-3/h6-7,10-11,15,18-19H,5,8-9,12-14,16H2,1-4H3,(H,25,26,29)/t18-,19-/m1/s1. The van der Waals surface area contributed by atoms with Crippen LogP contribution in [-0.4, -0.2) is 82.6 Å². The number of benzene rings is 1. The number of rotatable bonds is 14. The summed E-state index contributed by atoms with van der Waals surface area (Å²) in [6.07, 6.45) is 3.87. The average Bonchev–Trinajstić information content (AvgIpc) is 3.52. The molecular formula is C24H34N4O7S2. The molecule has 11 nitrogen and oxygen atoms in total. The quantitative estimate of drug-likeness (QED) is 0.279. The van der Waals surface area contributed by atoms with Crippen molar-refractivity contribution in [2.24, 2.45) is 5.16 Å². The van der Waals surface area contributed by atoms with Gasteiger partial charge in [0.05, 0.1) is 29.1 Å². The molecular weight excluding hydrogens is 520 g/mol. The Morgan fingerprint density at radius 3 is 2.59 bits per heavy atom. The highest BCUT2D eigenvalue weighted by Crippen LogP contribution is 2.25. The summed E-state index contributed by atoms with van der Waals surface area (Å²) >= 11 is 1.29. The summed E-state index contributed by atoms with van der Waals surface area (Å²) in [5.41, 5.74) is 0.420. The zero-order valence-electron chi connectivity index (χ0n) is 21.5. The van der Waals surface area contributed by atoms with Crippen molar-refractivity contribution < 1.29 is 32.3 Å². The maximum absolute atomic E-state index is 13.2. The van der Waals surface area contributed by atoms with Crippen molar-refractivity contribution in [3.05, 3.63) is 40.9 Å². The van der Waals surface area contributed by atoms with E-state index >= 15 is 0 Å². The molecule has 204 valence electrons. The molecule has 1 heterocycles. The van der Waals surface area contributed by atoms with E-state index in [0.717, 1.165) is 17.7 Å². The number of sulfonamides is 1. The Labute approximate surface area is 221 Å². The number of aromatic nitrogens is 1. The number of ether oxygens (including phenoxy) is 3. The predicted octanol–water partition coefficient (Wildman–Crippen LogP) is 2.87. The van der Waals surface area contributed by atoms with Crippen LogP contribution in [0.25, 0.3) is 0 Å². The Balaban J connectivity index is 1.82. The molecule has 37 heavy (non-hydrogen) atoms. The highest BCUT2D eigenvalue weighted by molar-refractivity contribution is 7.89. The monoisotopic (exact) mass is 554 g/mol. The first kappa shape index (κ1) is 29.1. The first-order valence-corrected chi connectivity index (χ1v) is 14.2. The lowest BCUT2D eigenvalue weighted by atomic mass is 10.1. The third-order valence-electron chi connectivity index (χ3n) is 5.75. The van der Waals surface area contributed by atoms with Crippen LogP contribution < -0.4 is 5.32 Å². The first-order valence-electron chi connectivity index (χ1n) is 11.9. The number of carbonyl (C=O) groups is 1. The highest BCUT2D eigenvalue weighted by atomic mass is 32.2. The molecule has 0 aliphatic heterocycles. The van der Waals surface area contributed by atoms with E-state index in [4.69, 9.17) is 19.0 Å². The van der Waals surface area contributed by atoms with E-state index in [1.807, 2.05) is 6.92 Å². The summed E-state index contributed by atoms with van der Waals surface area (Å²) in [4.78, 5) is 24.1. The summed E-state index contributed by atoms with van der Waals surface area (Å²) in [6.45, 7) is 3.45. The molecule has 0 unspecified atom stereocenters. The molecule has 3 rings (SSSR count). The Morgan fingerprint density at radius 2 is 1.92 bits per heavy atom. The van der Waals surface area contributed by atoms with Crippen molar-refractivity contribution in [1.29, 1.82) is 0 Å². The van der Waals surface area contributed by atoms with Crippen molar-refractivity contribution in [1.82, 2.24) is 9.29 Å². The molecule has 2 atom stereocenters. The summed E-state index contributed by atoms with van der Waals surface area (Å²) < 4.78 is 42.6. The number of nitrogens with zero attached hydrogens (tertiary/aromatic N) is 3. The second-order valence-electron chi connectivity index (χ2n) is 8.42. The van der Waals surface area contributed by atoms with Gasteiger partial charge in [-0.3, -0.25) is 10.1 Å². The van der Waals surface area contributed by atoms with Gasteiger partial charge in [-0.15, -0.1) is 0 Å². The molecule has 1 aliphatic rings. The third kappa shape index (κ3) is 8.03. The number of likely N-dealkylation sites (N-methyl/N-ethyl adjacent to an activating group) is 1. The Morgan fingerprint density at radius 1 is 1.19 bits per heavy atom. The van der Waals surface area contributed by atoms with E-state index < -0.39 is 15.9 Å². The zero-order valence-corrected chi connectivity index (χ0v) is 23.1. The Bertz CT molecular complexity index is 1150. The fourth-order valence-electron chi connectivity index (χ4n) is 3.77. The van der Waals surface area contributed by atoms with Gasteiger partial charge in [0, 0.05) is 52.6 Å². The maximum Gasteiger partial charge on any atom is 0.280 e. The first-order chi connectivity index (χ1) is 17.8. The predicted molar refractivity (Wildman–Crippen MR) is 140 cm³/mol. The second-order valence-corrected chi connectivity index (χ2v) is 11.6. The number of nitrogens with one attached hydrogen (secondary N) is 1. The number of amides is 1. The van der Waals surface area contributed by atoms with Gasteiger partial charge in [-0.05, 0) is 31.9 Å². The zero-order chi connectivity index (χ0) is 26.8. The van der Waals surface area contributed by atoms with Crippen LogP contribution in [0.2, 0.25) is 0 Å². The molecule has 2 aromatic rings. The molecule has 1 aromatic carbocycles. The molecule has 13 heteroatoms. The van der Waals surface area contributed by atoms with Gasteiger partial charge in [0.15, 0.2) is 10.8 Å². The van der Waals surface area contributed by atoms with Gasteiger partial charge in [0.25, 0.3) is 5.91 Å². The van der Waals surface area contributed by atoms with Crippen LogP contribution in [-0.2, 0) is 40.5 Å². The summed E-state index contributed by atoms with van der Waals surface area (Å²) in [6, 6.07) is 5.96. The Hall–Kier alpha value is -2.42. The molecule has 0 spiro atoms. The smallest absolute Gasteiger partial charge is 0.280 e. The third-order valence-corrected chi connectivity index (χ3v) is 8.51. The molecule has 0 saturated heterocycles. The van der Waals surface area contributed by atoms with Crippen LogP contribution in [0.5, 0.6) is 0 Å². The van der Waals surface area contributed by atoms with E-state index in [2.05, 4.69) is 15.5 Å². The molecule has 0 radical (unpaired) electrons. The fourth-order valence-corrected chi connectivity index (χ4v) is 5.71. The maximum atomic E-state index is 13.2. The van der Waals surface area contributed by atoms with Crippen LogP contribution in [0.15, 0.2) is 40.5 Å². The summed E-state index contributed by atoms with van der Waals surface area (Å²) in [7, 11) is 0.862. The largest absolute Gasteiger partial charge is 0.392 e. The number of anilines is 1. The number of hydrogen-bond donors (Lipinski definition) is 1. The van der Waals surface area contributed by atoms with E-state index in [0.29, 0.717) is 30.3 Å². The minimum absolute atomic E-state index is 0.0139. The van der Waals surface area contributed by atoms with Gasteiger partial charge in [0.2, 0.25) is 10.0 Å². The van der Waals surface area contributed by atoms with Gasteiger partial charge in [-0.25, -0.2) is 13.4 Å². The highest BCUT2D eigenvalue weighted by Gasteiger charge is 2.28. The van der Waals surface area contributed by atoms with E-state index in [1.165, 1.54) is 54.1 Å². The number of oxime groups is 1. The van der Waals surface area contributed by atoms with Gasteiger partial charge >= 0.3 is 0 Å². The number of thiazole rings is 1. The van der Waals surface area contributed by atoms with Gasteiger partial charge in [-0.1, -0.05) is 28.6 Å². The van der Waals surface area contributed by atoms with Gasteiger partial charge in [0.1, 0.15) is 6.10 Å². The van der Waals surface area contributed by atoms with Crippen molar-refractivity contribution in [2.45, 2.75) is 49.9 Å². The van der Waals surface area contributed by atoms with E-state index in [9.17, 15) is 13.2 Å². The second kappa shape index (κ2) is 13.9. The molecule has 1 aromatic heterocycles. The minimum Gasteiger partial charge on any atom is -0.392 e. The van der Waals surface area contributed by atoms with Crippen molar-refractivity contribution >= 4 is 38.1 Å². The molecule has 1 N–H and O–H groups in total. The summed E-state index contributed by atoms with van der Waals surface area (Å²) in [5, 5.41) is 7.34. The molecule has 1 saturated carbocycles. The van der Waals surface area contributed by atoms with Crippen LogP contribution >= 0.6 is 11.3 Å². The van der Waals surface area contributed by atoms with Gasteiger partial charge < -0.3 is 19.0 Å². The summed E-state index contributed by atoms with van der Waals surface area (Å²) in [5.74, 6) is -0.523. The van der Waals surface area contributed by atoms with Crippen LogP contribution in [0.4, 0.5) is 5.13 Å². The topological polar surface area (TPSA) is 129 Å². The van der Waals surface area contributed by atoms with Crippen LogP contribution in [0.3, 0.4) is 0 Å². The fraction of sp³-hybridized carbons (Fsp3) is 0.542. The van der Waals surface area contributed by atoms with Gasteiger partial charge in [-0.2, -0.15) is 4.31 Å². The lowest BCUT2D eigenvalue weighted by molar-refractivity contribution is -0.110. The van der Waals surface area contributed by atoms with Crippen molar-refractivity contribution in [2.75, 3.05) is 46.3 Å². The van der Waals surface area contributed by atoms with E-state index in [1.54, 1.807) is 13.3 Å². The molecule has 1 aliphatic carbocycles. The lowest BCUT2D eigenvalue weighted by Crippen LogP contribution is -2.30. The van der Waals surface area contributed by atoms with Crippen molar-refractivity contribution in [3.8, 4) is 0 Å². The molecule has 0 bridgehead atoms. The lowest BCUT2D eigenvalue weighted by Gasteiger charge is -2.17. The molecule has 1 amide bonds. The average molecular weight is 555 g/mol. The normalized spacial score (nSPS) is 18.4. The number of carbonyl (C=O) groups excluding carboxylic acids is 1. The van der Waals surface area contributed by atoms with Crippen LogP contribution in [0, 0.1) is 0 Å².